The van der Waals surface area contributed by atoms with E-state index in [2.05, 4.69) is 10.3 Å². The number of carbonyl (C=O) groups is 2. The molecule has 182 valence electrons. The van der Waals surface area contributed by atoms with Crippen LogP contribution in [-0.2, 0) is 13.0 Å². The molecule has 0 radical (unpaired) electrons. The Kier molecular flexibility index (Phi) is 11.0. The summed E-state index contributed by atoms with van der Waals surface area (Å²) in [7, 11) is 0. The Balaban J connectivity index is 0.00000129. The zero-order chi connectivity index (χ0) is 25.3. The Hall–Kier alpha value is -2.91. The quantitative estimate of drug-likeness (QED) is 0.520. The van der Waals surface area contributed by atoms with Gasteiger partial charge in [-0.1, -0.05) is 45.4 Å². The number of nitrogens with one attached hydrogen (secondary N) is 2. The molecule has 1 unspecified atom stereocenters. The maximum Gasteiger partial charge on any atom is 0.291 e. The topological polar surface area (TPSA) is 123 Å². The first kappa shape index (κ1) is 28.1. The number of aliphatic hydroxyl groups excluding tert-OH is 1. The Morgan fingerprint density at radius 2 is 1.91 bits per heavy atom. The summed E-state index contributed by atoms with van der Waals surface area (Å²) in [6.45, 7) is 9.75. The highest BCUT2D eigenvalue weighted by molar-refractivity contribution is 6.30. The van der Waals surface area contributed by atoms with Crippen molar-refractivity contribution in [3.8, 4) is 5.75 Å². The van der Waals surface area contributed by atoms with Crippen LogP contribution in [0.1, 0.15) is 66.6 Å². The molecule has 8 nitrogen and oxygen atoms in total. The number of hydrogen-bond acceptors (Lipinski definition) is 5. The van der Waals surface area contributed by atoms with Crippen molar-refractivity contribution < 1.29 is 24.2 Å². The van der Waals surface area contributed by atoms with E-state index < -0.39 is 35.0 Å². The van der Waals surface area contributed by atoms with Gasteiger partial charge in [-0.25, -0.2) is 4.39 Å². The number of carbonyl (C=O) groups excluding carboxylic acids is 2. The SMILES string of the molecule is CC.CC.CC(O)CNC(=O)c1[nH]c(=O)c(O)c2c1CCN(Cc1ccc(F)c(Cl)c1)C2=O. The number of aromatic amines is 1. The molecule has 1 aromatic carbocycles. The van der Waals surface area contributed by atoms with Gasteiger partial charge < -0.3 is 25.4 Å². The fraction of sp³-hybridized carbons (Fsp3) is 0.435. The molecule has 3 rings (SSSR count). The standard InChI is InChI=1S/C19H19ClFN3O5.2C2H6/c1-9(25)7-22-17(27)15-11-4-5-24(8-10-2-3-13(21)12(20)6-10)19(29)14(11)16(26)18(28)23-15;2*1-2/h2-3,6,9,25-26H,4-5,7-8H2,1H3,(H,22,27)(H,23,28);2*1-2H3. The zero-order valence-electron chi connectivity index (χ0n) is 19.5. The van der Waals surface area contributed by atoms with Crippen molar-refractivity contribution in [1.29, 1.82) is 0 Å². The first-order valence-electron chi connectivity index (χ1n) is 10.9. The second kappa shape index (κ2) is 13.0. The van der Waals surface area contributed by atoms with Gasteiger partial charge in [0.05, 0.1) is 16.7 Å². The predicted octanol–water partition coefficient (Wildman–Crippen LogP) is 3.23. The fourth-order valence-electron chi connectivity index (χ4n) is 3.15. The van der Waals surface area contributed by atoms with Gasteiger partial charge in [0.15, 0.2) is 5.75 Å². The highest BCUT2D eigenvalue weighted by Gasteiger charge is 2.33. The van der Waals surface area contributed by atoms with Crippen molar-refractivity contribution in [2.75, 3.05) is 13.1 Å². The number of hydrogen-bond donors (Lipinski definition) is 4. The van der Waals surface area contributed by atoms with Crippen molar-refractivity contribution in [3.05, 3.63) is 61.8 Å². The molecule has 10 heteroatoms. The molecule has 0 spiro atoms. The Labute approximate surface area is 197 Å². The van der Waals surface area contributed by atoms with E-state index in [4.69, 9.17) is 11.6 Å². The lowest BCUT2D eigenvalue weighted by molar-refractivity contribution is 0.0721. The molecule has 0 saturated carbocycles. The van der Waals surface area contributed by atoms with Crippen LogP contribution in [0.3, 0.4) is 0 Å². The maximum absolute atomic E-state index is 13.3. The predicted molar refractivity (Wildman–Crippen MR) is 125 cm³/mol. The number of aromatic nitrogens is 1. The number of H-pyrrole nitrogens is 1. The second-order valence-electron chi connectivity index (χ2n) is 6.82. The Morgan fingerprint density at radius 3 is 2.48 bits per heavy atom. The van der Waals surface area contributed by atoms with Gasteiger partial charge >= 0.3 is 0 Å². The molecule has 2 aromatic rings. The van der Waals surface area contributed by atoms with Crippen molar-refractivity contribution in [1.82, 2.24) is 15.2 Å². The van der Waals surface area contributed by atoms with Crippen LogP contribution in [0.2, 0.25) is 5.02 Å². The van der Waals surface area contributed by atoms with Gasteiger partial charge in [0.25, 0.3) is 17.4 Å². The Bertz CT molecular complexity index is 1040. The van der Waals surface area contributed by atoms with Crippen LogP contribution in [0.5, 0.6) is 5.75 Å². The van der Waals surface area contributed by atoms with Crippen LogP contribution in [-0.4, -0.2) is 51.1 Å². The summed E-state index contributed by atoms with van der Waals surface area (Å²) in [6.07, 6.45) is -0.587. The van der Waals surface area contributed by atoms with Gasteiger partial charge in [-0.15, -0.1) is 0 Å². The smallest absolute Gasteiger partial charge is 0.291 e. The van der Waals surface area contributed by atoms with Gasteiger partial charge in [-0.3, -0.25) is 14.4 Å². The molecule has 1 aliphatic heterocycles. The first-order chi connectivity index (χ1) is 15.7. The van der Waals surface area contributed by atoms with Gasteiger partial charge in [0.1, 0.15) is 11.5 Å². The summed E-state index contributed by atoms with van der Waals surface area (Å²) in [6, 6.07) is 4.07. The van der Waals surface area contributed by atoms with E-state index in [0.29, 0.717) is 5.56 Å². The lowest BCUT2D eigenvalue weighted by atomic mass is 9.96. The van der Waals surface area contributed by atoms with E-state index >= 15 is 0 Å². The molecule has 0 aliphatic carbocycles. The third kappa shape index (κ3) is 6.79. The highest BCUT2D eigenvalue weighted by Crippen LogP contribution is 2.28. The van der Waals surface area contributed by atoms with Crippen LogP contribution in [0, 0.1) is 5.82 Å². The van der Waals surface area contributed by atoms with Crippen molar-refractivity contribution in [3.63, 3.8) is 0 Å². The molecule has 1 aliphatic rings. The summed E-state index contributed by atoms with van der Waals surface area (Å²) in [5.74, 6) is -2.63. The summed E-state index contributed by atoms with van der Waals surface area (Å²) >= 11 is 5.78. The number of nitrogens with zero attached hydrogens (tertiary/aromatic N) is 1. The second-order valence-corrected chi connectivity index (χ2v) is 7.22. The summed E-state index contributed by atoms with van der Waals surface area (Å²) < 4.78 is 13.3. The summed E-state index contributed by atoms with van der Waals surface area (Å²) in [5.41, 5.74) is -0.529. The first-order valence-corrected chi connectivity index (χ1v) is 11.2. The Morgan fingerprint density at radius 1 is 1.27 bits per heavy atom. The van der Waals surface area contributed by atoms with Crippen LogP contribution >= 0.6 is 11.6 Å². The number of fused-ring (bicyclic) bond motifs is 1. The lowest BCUT2D eigenvalue weighted by Gasteiger charge is -2.30. The molecule has 33 heavy (non-hydrogen) atoms. The molecule has 0 bridgehead atoms. The minimum atomic E-state index is -0.967. The third-order valence-corrected chi connectivity index (χ3v) is 4.86. The average molecular weight is 484 g/mol. The molecule has 4 N–H and O–H groups in total. The number of rotatable bonds is 5. The number of aromatic hydroxyl groups is 1. The monoisotopic (exact) mass is 483 g/mol. The van der Waals surface area contributed by atoms with Crippen LogP contribution < -0.4 is 10.9 Å². The van der Waals surface area contributed by atoms with Crippen LogP contribution in [0.25, 0.3) is 0 Å². The number of amides is 2. The normalized spacial score (nSPS) is 13.1. The van der Waals surface area contributed by atoms with Crippen molar-refractivity contribution in [2.24, 2.45) is 0 Å². The number of halogens is 2. The fourth-order valence-corrected chi connectivity index (χ4v) is 3.35. The van der Waals surface area contributed by atoms with E-state index in [1.54, 1.807) is 0 Å². The van der Waals surface area contributed by atoms with Crippen molar-refractivity contribution >= 4 is 23.4 Å². The van der Waals surface area contributed by atoms with Gasteiger partial charge in [-0.05, 0) is 36.6 Å². The van der Waals surface area contributed by atoms with Gasteiger partial charge in [-0.2, -0.15) is 0 Å². The third-order valence-electron chi connectivity index (χ3n) is 4.57. The maximum atomic E-state index is 13.3. The molecule has 0 fully saturated rings. The van der Waals surface area contributed by atoms with E-state index in [9.17, 15) is 29.0 Å². The number of pyridine rings is 1. The molecule has 2 heterocycles. The van der Waals surface area contributed by atoms with E-state index in [0.717, 1.165) is 0 Å². The largest absolute Gasteiger partial charge is 0.502 e. The minimum Gasteiger partial charge on any atom is -0.502 e. The molecule has 1 aromatic heterocycles. The van der Waals surface area contributed by atoms with Gasteiger partial charge in [0, 0.05) is 19.6 Å². The summed E-state index contributed by atoms with van der Waals surface area (Å²) in [5, 5.41) is 21.9. The van der Waals surface area contributed by atoms with E-state index in [1.807, 2.05) is 27.7 Å². The van der Waals surface area contributed by atoms with Gasteiger partial charge in [0.2, 0.25) is 0 Å². The molecular formula is C23H31ClFN3O5. The van der Waals surface area contributed by atoms with E-state index in [-0.39, 0.29) is 47.9 Å². The minimum absolute atomic E-state index is 0.0398. The molecule has 0 saturated heterocycles. The highest BCUT2D eigenvalue weighted by atomic mass is 35.5. The molecular weight excluding hydrogens is 453 g/mol. The average Bonchev–Trinajstić information content (AvgIpc) is 2.81. The number of benzene rings is 1. The zero-order valence-corrected chi connectivity index (χ0v) is 20.2. The molecule has 1 atom stereocenters. The van der Waals surface area contributed by atoms with Crippen molar-refractivity contribution in [2.45, 2.75) is 53.7 Å². The summed E-state index contributed by atoms with van der Waals surface area (Å²) in [4.78, 5) is 41.1. The number of aliphatic hydroxyl groups is 1. The molecule has 2 amide bonds. The van der Waals surface area contributed by atoms with Crippen LogP contribution in [0.15, 0.2) is 23.0 Å². The lowest BCUT2D eigenvalue weighted by Crippen LogP contribution is -2.41. The van der Waals surface area contributed by atoms with E-state index in [1.165, 1.54) is 30.0 Å². The van der Waals surface area contributed by atoms with Crippen LogP contribution in [0.4, 0.5) is 4.39 Å².